The van der Waals surface area contributed by atoms with Crippen LogP contribution in [0.4, 0.5) is 10.1 Å². The van der Waals surface area contributed by atoms with Gasteiger partial charge in [0.05, 0.1) is 10.7 Å². The first kappa shape index (κ1) is 24.1. The van der Waals surface area contributed by atoms with E-state index in [9.17, 15) is 9.18 Å². The first-order valence-electron chi connectivity index (χ1n) is 12.1. The highest BCUT2D eigenvalue weighted by Gasteiger charge is 2.25. The van der Waals surface area contributed by atoms with E-state index in [2.05, 4.69) is 22.5 Å². The summed E-state index contributed by atoms with van der Waals surface area (Å²) >= 11 is 6.45. The maximum Gasteiger partial charge on any atom is 0.146 e. The molecule has 0 bridgehead atoms. The van der Waals surface area contributed by atoms with Crippen molar-refractivity contribution >= 4 is 23.1 Å². The van der Waals surface area contributed by atoms with Crippen molar-refractivity contribution in [2.75, 3.05) is 31.6 Å². The lowest BCUT2D eigenvalue weighted by molar-refractivity contribution is -0.122. The number of hydrogen-bond donors (Lipinski definition) is 2. The fraction of sp³-hybridized carbons (Fsp3) is 0.538. The number of carbonyl (C=O) groups excluding carboxylic acids is 1. The summed E-state index contributed by atoms with van der Waals surface area (Å²) in [5.74, 6) is 0.420. The largest absolute Gasteiger partial charge is 0.382 e. The molecule has 4 rings (SSSR count). The van der Waals surface area contributed by atoms with E-state index >= 15 is 0 Å². The number of nitrogens with one attached hydrogen (secondary N) is 2. The molecule has 2 aliphatic heterocycles. The lowest BCUT2D eigenvalue weighted by Crippen LogP contribution is -2.41. The minimum Gasteiger partial charge on any atom is -0.382 e. The summed E-state index contributed by atoms with van der Waals surface area (Å²) in [6.07, 6.45) is 6.88. The maximum absolute atomic E-state index is 14.5. The van der Waals surface area contributed by atoms with Crippen LogP contribution in [-0.4, -0.2) is 43.1 Å². The van der Waals surface area contributed by atoms with Gasteiger partial charge in [-0.2, -0.15) is 0 Å². The van der Waals surface area contributed by atoms with Crippen LogP contribution in [0.3, 0.4) is 0 Å². The zero-order chi connectivity index (χ0) is 23.2. The number of carbonyl (C=O) groups is 1. The van der Waals surface area contributed by atoms with Crippen LogP contribution in [0.25, 0.3) is 11.1 Å². The molecular weight excluding hydrogens is 441 g/mol. The van der Waals surface area contributed by atoms with E-state index in [1.165, 1.54) is 6.07 Å². The van der Waals surface area contributed by atoms with Gasteiger partial charge in [0, 0.05) is 62.1 Å². The molecule has 2 saturated heterocycles. The van der Waals surface area contributed by atoms with Crippen molar-refractivity contribution in [1.29, 1.82) is 0 Å². The van der Waals surface area contributed by atoms with Crippen molar-refractivity contribution in [3.8, 4) is 11.1 Å². The summed E-state index contributed by atoms with van der Waals surface area (Å²) in [4.78, 5) is 17.2. The van der Waals surface area contributed by atoms with Crippen LogP contribution in [0.5, 0.6) is 0 Å². The summed E-state index contributed by atoms with van der Waals surface area (Å²) < 4.78 is 19.9. The molecule has 3 heterocycles. The number of pyridine rings is 1. The Kier molecular flexibility index (Phi) is 8.34. The number of rotatable bonds is 8. The zero-order valence-corrected chi connectivity index (χ0v) is 20.0. The molecular formula is C26H33ClFN3O2. The van der Waals surface area contributed by atoms with Gasteiger partial charge in [-0.05, 0) is 61.8 Å². The number of halogens is 2. The zero-order valence-electron chi connectivity index (χ0n) is 19.2. The highest BCUT2D eigenvalue weighted by Crippen LogP contribution is 2.31. The molecule has 1 aromatic carbocycles. The molecule has 0 spiro atoms. The highest BCUT2D eigenvalue weighted by molar-refractivity contribution is 6.33. The Labute approximate surface area is 200 Å². The molecule has 1 aromatic heterocycles. The van der Waals surface area contributed by atoms with Crippen LogP contribution in [-0.2, 0) is 16.0 Å². The van der Waals surface area contributed by atoms with E-state index in [-0.39, 0.29) is 23.9 Å². The molecule has 2 atom stereocenters. The Hall–Kier alpha value is -2.02. The predicted octanol–water partition coefficient (Wildman–Crippen LogP) is 5.27. The van der Waals surface area contributed by atoms with Gasteiger partial charge in [0.2, 0.25) is 0 Å². The Morgan fingerprint density at radius 2 is 2.06 bits per heavy atom. The Morgan fingerprint density at radius 3 is 2.79 bits per heavy atom. The van der Waals surface area contributed by atoms with Gasteiger partial charge in [-0.25, -0.2) is 4.39 Å². The molecule has 0 unspecified atom stereocenters. The van der Waals surface area contributed by atoms with Crippen molar-refractivity contribution in [1.82, 2.24) is 10.3 Å². The molecule has 2 aliphatic rings. The molecule has 0 radical (unpaired) electrons. The minimum absolute atomic E-state index is 0.0283. The third kappa shape index (κ3) is 6.31. The van der Waals surface area contributed by atoms with Crippen LogP contribution in [0, 0.1) is 17.7 Å². The van der Waals surface area contributed by atoms with Gasteiger partial charge in [-0.3, -0.25) is 9.78 Å². The number of benzene rings is 1. The molecule has 7 heteroatoms. The smallest absolute Gasteiger partial charge is 0.146 e. The average Bonchev–Trinajstić information content (AvgIpc) is 2.85. The van der Waals surface area contributed by atoms with Crippen LogP contribution < -0.4 is 10.6 Å². The summed E-state index contributed by atoms with van der Waals surface area (Å²) in [6.45, 7) is 5.14. The van der Waals surface area contributed by atoms with Crippen molar-refractivity contribution in [2.24, 2.45) is 11.8 Å². The second kappa shape index (κ2) is 11.4. The van der Waals surface area contributed by atoms with Gasteiger partial charge in [0.1, 0.15) is 11.6 Å². The molecule has 2 N–H and O–H groups in total. The predicted molar refractivity (Wildman–Crippen MR) is 130 cm³/mol. The third-order valence-corrected chi connectivity index (χ3v) is 7.23. The monoisotopic (exact) mass is 473 g/mol. The normalized spacial score (nSPS) is 21.7. The summed E-state index contributed by atoms with van der Waals surface area (Å²) in [5, 5.41) is 7.21. The van der Waals surface area contributed by atoms with Gasteiger partial charge in [-0.1, -0.05) is 24.6 Å². The Balaban J connectivity index is 1.45. The van der Waals surface area contributed by atoms with Gasteiger partial charge in [-0.15, -0.1) is 0 Å². The van der Waals surface area contributed by atoms with Crippen LogP contribution in [0.15, 0.2) is 30.5 Å². The van der Waals surface area contributed by atoms with Crippen molar-refractivity contribution < 1.29 is 13.9 Å². The van der Waals surface area contributed by atoms with Crippen LogP contribution >= 0.6 is 11.6 Å². The molecule has 2 fully saturated rings. The van der Waals surface area contributed by atoms with Crippen molar-refractivity contribution in [3.63, 3.8) is 0 Å². The fourth-order valence-corrected chi connectivity index (χ4v) is 4.91. The molecule has 178 valence electrons. The molecule has 0 saturated carbocycles. The number of aromatic nitrogens is 1. The SMILES string of the molecule is CC[C@@H]1CC[C@@H](C(=O)Cc2cc(-c3ccc(F)c(NCC4CCOCC4)c3)c(Cl)cn2)CN1. The summed E-state index contributed by atoms with van der Waals surface area (Å²) in [5.41, 5.74) is 2.72. The molecule has 0 amide bonds. The second-order valence-corrected chi connectivity index (χ2v) is 9.62. The number of piperidine rings is 1. The van der Waals surface area contributed by atoms with Gasteiger partial charge in [0.25, 0.3) is 0 Å². The molecule has 0 aliphatic carbocycles. The first-order chi connectivity index (χ1) is 16.0. The van der Waals surface area contributed by atoms with Crippen LogP contribution in [0.2, 0.25) is 5.02 Å². The standard InChI is InChI=1S/C26H33ClFN3O2/c1-2-20-5-3-19(15-29-20)26(32)13-21-12-22(23(27)16-30-21)18-4-6-24(28)25(11-18)31-14-17-7-9-33-10-8-17/h4,6,11-12,16-17,19-20,29,31H,2-3,5,7-10,13-15H2,1H3/t19-,20-/m1/s1. The van der Waals surface area contributed by atoms with Crippen molar-refractivity contribution in [3.05, 3.63) is 47.0 Å². The second-order valence-electron chi connectivity index (χ2n) is 9.22. The average molecular weight is 474 g/mol. The first-order valence-corrected chi connectivity index (χ1v) is 12.4. The van der Waals surface area contributed by atoms with E-state index in [0.717, 1.165) is 63.0 Å². The number of Topliss-reactive ketones (excluding diaryl/α,β-unsaturated/α-hetero) is 1. The van der Waals surface area contributed by atoms with Crippen molar-refractivity contribution in [2.45, 2.75) is 51.5 Å². The van der Waals surface area contributed by atoms with Crippen LogP contribution in [0.1, 0.15) is 44.7 Å². The van der Waals surface area contributed by atoms with E-state index in [1.807, 2.05) is 6.07 Å². The Bertz CT molecular complexity index is 957. The van der Waals surface area contributed by atoms with Gasteiger partial charge >= 0.3 is 0 Å². The lowest BCUT2D eigenvalue weighted by Gasteiger charge is -2.28. The fourth-order valence-electron chi connectivity index (χ4n) is 4.69. The molecule has 2 aromatic rings. The number of anilines is 1. The Morgan fingerprint density at radius 1 is 1.24 bits per heavy atom. The van der Waals surface area contributed by atoms with E-state index in [4.69, 9.17) is 16.3 Å². The lowest BCUT2D eigenvalue weighted by atomic mass is 9.88. The van der Waals surface area contributed by atoms with Gasteiger partial charge < -0.3 is 15.4 Å². The third-order valence-electron chi connectivity index (χ3n) is 6.93. The van der Waals surface area contributed by atoms with Gasteiger partial charge in [0.15, 0.2) is 0 Å². The minimum atomic E-state index is -0.290. The van der Waals surface area contributed by atoms with E-state index in [1.54, 1.807) is 18.3 Å². The van der Waals surface area contributed by atoms with E-state index < -0.39 is 0 Å². The maximum atomic E-state index is 14.5. The van der Waals surface area contributed by atoms with E-state index in [0.29, 0.717) is 34.9 Å². The molecule has 5 nitrogen and oxygen atoms in total. The molecule has 33 heavy (non-hydrogen) atoms. The number of nitrogens with zero attached hydrogens (tertiary/aromatic N) is 1. The summed E-state index contributed by atoms with van der Waals surface area (Å²) in [7, 11) is 0. The summed E-state index contributed by atoms with van der Waals surface area (Å²) in [6, 6.07) is 7.35. The quantitative estimate of drug-likeness (QED) is 0.547. The number of ether oxygens (including phenoxy) is 1. The topological polar surface area (TPSA) is 63.2 Å². The number of ketones is 1. The highest BCUT2D eigenvalue weighted by atomic mass is 35.5. The number of hydrogen-bond acceptors (Lipinski definition) is 5.